The van der Waals surface area contributed by atoms with Crippen molar-refractivity contribution in [1.29, 1.82) is 0 Å². The SMILES string of the molecule is NC[C@H]1CC[C@@H](C(=O)Nc2ccc(OCc3ccccc3)cc2)O1. The molecular weight excluding hydrogens is 304 g/mol. The van der Waals surface area contributed by atoms with Crippen molar-refractivity contribution < 1.29 is 14.3 Å². The monoisotopic (exact) mass is 326 g/mol. The molecule has 1 fully saturated rings. The van der Waals surface area contributed by atoms with Gasteiger partial charge in [-0.05, 0) is 42.7 Å². The van der Waals surface area contributed by atoms with Crippen LogP contribution in [-0.2, 0) is 16.1 Å². The second-order valence-corrected chi connectivity index (χ2v) is 5.85. The quantitative estimate of drug-likeness (QED) is 0.856. The molecule has 0 aromatic heterocycles. The van der Waals surface area contributed by atoms with Gasteiger partial charge in [0.1, 0.15) is 18.5 Å². The van der Waals surface area contributed by atoms with Crippen LogP contribution in [0.5, 0.6) is 5.75 Å². The molecule has 1 saturated heterocycles. The Balaban J connectivity index is 1.50. The smallest absolute Gasteiger partial charge is 0.253 e. The maximum Gasteiger partial charge on any atom is 0.253 e. The minimum Gasteiger partial charge on any atom is -0.489 e. The number of rotatable bonds is 6. The molecule has 126 valence electrons. The molecule has 2 atom stereocenters. The Morgan fingerprint density at radius 1 is 1.12 bits per heavy atom. The maximum atomic E-state index is 12.2. The van der Waals surface area contributed by atoms with E-state index in [1.165, 1.54) is 0 Å². The zero-order valence-electron chi connectivity index (χ0n) is 13.5. The summed E-state index contributed by atoms with van der Waals surface area (Å²) >= 11 is 0. The Morgan fingerprint density at radius 2 is 1.88 bits per heavy atom. The highest BCUT2D eigenvalue weighted by Gasteiger charge is 2.29. The van der Waals surface area contributed by atoms with Crippen LogP contribution < -0.4 is 15.8 Å². The lowest BCUT2D eigenvalue weighted by atomic mass is 10.2. The van der Waals surface area contributed by atoms with Crippen molar-refractivity contribution in [2.45, 2.75) is 31.7 Å². The van der Waals surface area contributed by atoms with Gasteiger partial charge in [0.25, 0.3) is 5.91 Å². The van der Waals surface area contributed by atoms with Crippen LogP contribution in [0.2, 0.25) is 0 Å². The second-order valence-electron chi connectivity index (χ2n) is 5.85. The van der Waals surface area contributed by atoms with Gasteiger partial charge < -0.3 is 20.5 Å². The molecule has 0 spiro atoms. The first-order valence-corrected chi connectivity index (χ1v) is 8.18. The number of carbonyl (C=O) groups excluding carboxylic acids is 1. The molecular formula is C19H22N2O3. The van der Waals surface area contributed by atoms with Crippen molar-refractivity contribution >= 4 is 11.6 Å². The van der Waals surface area contributed by atoms with E-state index in [2.05, 4.69) is 5.32 Å². The number of hydrogen-bond donors (Lipinski definition) is 2. The van der Waals surface area contributed by atoms with Crippen molar-refractivity contribution in [1.82, 2.24) is 0 Å². The van der Waals surface area contributed by atoms with Crippen molar-refractivity contribution in [3.05, 3.63) is 60.2 Å². The summed E-state index contributed by atoms with van der Waals surface area (Å²) in [5, 5.41) is 2.87. The molecule has 1 aliphatic heterocycles. The van der Waals surface area contributed by atoms with Crippen molar-refractivity contribution in [2.75, 3.05) is 11.9 Å². The molecule has 0 saturated carbocycles. The van der Waals surface area contributed by atoms with E-state index in [0.29, 0.717) is 19.6 Å². The molecule has 24 heavy (non-hydrogen) atoms. The van der Waals surface area contributed by atoms with Crippen molar-refractivity contribution in [3.63, 3.8) is 0 Å². The summed E-state index contributed by atoms with van der Waals surface area (Å²) in [5.74, 6) is 0.640. The zero-order chi connectivity index (χ0) is 16.8. The van der Waals surface area contributed by atoms with E-state index in [0.717, 1.165) is 23.4 Å². The van der Waals surface area contributed by atoms with Gasteiger partial charge in [0.05, 0.1) is 6.10 Å². The van der Waals surface area contributed by atoms with Gasteiger partial charge in [0, 0.05) is 12.2 Å². The third-order valence-electron chi connectivity index (χ3n) is 4.03. The molecule has 5 heteroatoms. The van der Waals surface area contributed by atoms with Gasteiger partial charge in [0.15, 0.2) is 0 Å². The number of hydrogen-bond acceptors (Lipinski definition) is 4. The Hall–Kier alpha value is -2.37. The third-order valence-corrected chi connectivity index (χ3v) is 4.03. The summed E-state index contributed by atoms with van der Waals surface area (Å²) in [7, 11) is 0. The highest BCUT2D eigenvalue weighted by Crippen LogP contribution is 2.22. The van der Waals surface area contributed by atoms with Crippen LogP contribution in [0.25, 0.3) is 0 Å². The van der Waals surface area contributed by atoms with Gasteiger partial charge in [0.2, 0.25) is 0 Å². The Labute approximate surface area is 141 Å². The largest absolute Gasteiger partial charge is 0.489 e. The van der Waals surface area contributed by atoms with Crippen LogP contribution in [0.15, 0.2) is 54.6 Å². The lowest BCUT2D eigenvalue weighted by Gasteiger charge is -2.13. The third kappa shape index (κ3) is 4.34. The Bertz CT molecular complexity index is 658. The summed E-state index contributed by atoms with van der Waals surface area (Å²) in [6.45, 7) is 0.972. The molecule has 0 radical (unpaired) electrons. The van der Waals surface area contributed by atoms with Crippen LogP contribution in [-0.4, -0.2) is 24.7 Å². The first kappa shape index (κ1) is 16.5. The zero-order valence-corrected chi connectivity index (χ0v) is 13.5. The molecule has 5 nitrogen and oxygen atoms in total. The minimum absolute atomic E-state index is 0.00508. The van der Waals surface area contributed by atoms with E-state index < -0.39 is 6.10 Å². The second kappa shape index (κ2) is 7.95. The average molecular weight is 326 g/mol. The molecule has 3 N–H and O–H groups in total. The van der Waals surface area contributed by atoms with Gasteiger partial charge in [-0.1, -0.05) is 30.3 Å². The van der Waals surface area contributed by atoms with Crippen molar-refractivity contribution in [2.24, 2.45) is 5.73 Å². The van der Waals surface area contributed by atoms with Crippen LogP contribution in [0.1, 0.15) is 18.4 Å². The molecule has 3 rings (SSSR count). The molecule has 0 aliphatic carbocycles. The summed E-state index contributed by atoms with van der Waals surface area (Å²) in [4.78, 5) is 12.2. The van der Waals surface area contributed by atoms with E-state index >= 15 is 0 Å². The lowest BCUT2D eigenvalue weighted by molar-refractivity contribution is -0.126. The fraction of sp³-hybridized carbons (Fsp3) is 0.316. The highest BCUT2D eigenvalue weighted by atomic mass is 16.5. The highest BCUT2D eigenvalue weighted by molar-refractivity contribution is 5.94. The molecule has 1 amide bonds. The number of anilines is 1. The summed E-state index contributed by atoms with van der Waals surface area (Å²) < 4.78 is 11.3. The van der Waals surface area contributed by atoms with Crippen LogP contribution in [0.4, 0.5) is 5.69 Å². The fourth-order valence-electron chi connectivity index (χ4n) is 2.67. The van der Waals surface area contributed by atoms with Gasteiger partial charge in [-0.25, -0.2) is 0 Å². The molecule has 1 heterocycles. The minimum atomic E-state index is -0.410. The molecule has 1 aliphatic rings. The van der Waals surface area contributed by atoms with E-state index in [-0.39, 0.29) is 12.0 Å². The number of carbonyl (C=O) groups is 1. The van der Waals surface area contributed by atoms with Crippen LogP contribution in [0, 0.1) is 0 Å². The molecule has 2 aromatic carbocycles. The molecule has 2 aromatic rings. The first-order valence-electron chi connectivity index (χ1n) is 8.18. The topological polar surface area (TPSA) is 73.6 Å². The summed E-state index contributed by atoms with van der Waals surface area (Å²) in [6.07, 6.45) is 1.13. The number of amides is 1. The van der Waals surface area contributed by atoms with E-state index in [4.69, 9.17) is 15.2 Å². The standard InChI is InChI=1S/C19H22N2O3/c20-12-17-10-11-18(24-17)19(22)21-15-6-8-16(9-7-15)23-13-14-4-2-1-3-5-14/h1-9,17-18H,10-13,20H2,(H,21,22)/t17-,18+/m1/s1. The number of ether oxygens (including phenoxy) is 2. The normalized spacial score (nSPS) is 19.9. The van der Waals surface area contributed by atoms with Crippen LogP contribution >= 0.6 is 0 Å². The average Bonchev–Trinajstić information content (AvgIpc) is 3.11. The summed E-state index contributed by atoms with van der Waals surface area (Å²) in [6, 6.07) is 17.3. The predicted molar refractivity (Wildman–Crippen MR) is 92.8 cm³/mol. The lowest BCUT2D eigenvalue weighted by Crippen LogP contribution is -2.29. The molecule has 0 unspecified atom stereocenters. The Morgan fingerprint density at radius 3 is 2.54 bits per heavy atom. The first-order chi connectivity index (χ1) is 11.7. The summed E-state index contributed by atoms with van der Waals surface area (Å²) in [5.41, 5.74) is 7.41. The van der Waals surface area contributed by atoms with Gasteiger partial charge in [-0.15, -0.1) is 0 Å². The fourth-order valence-corrected chi connectivity index (χ4v) is 2.67. The Kier molecular flexibility index (Phi) is 5.46. The van der Waals surface area contributed by atoms with Crippen molar-refractivity contribution in [3.8, 4) is 5.75 Å². The predicted octanol–water partition coefficient (Wildman–Crippen LogP) is 2.71. The van der Waals surface area contributed by atoms with Gasteiger partial charge >= 0.3 is 0 Å². The van der Waals surface area contributed by atoms with Gasteiger partial charge in [-0.2, -0.15) is 0 Å². The van der Waals surface area contributed by atoms with E-state index in [1.807, 2.05) is 54.6 Å². The number of benzene rings is 2. The maximum absolute atomic E-state index is 12.2. The van der Waals surface area contributed by atoms with E-state index in [9.17, 15) is 4.79 Å². The number of nitrogens with one attached hydrogen (secondary N) is 1. The van der Waals surface area contributed by atoms with Gasteiger partial charge in [-0.3, -0.25) is 4.79 Å². The van der Waals surface area contributed by atoms with Crippen LogP contribution in [0.3, 0.4) is 0 Å². The van der Waals surface area contributed by atoms with E-state index in [1.54, 1.807) is 0 Å². The molecule has 0 bridgehead atoms. The number of nitrogens with two attached hydrogens (primary N) is 1.